The molecule has 0 aromatic rings. The van der Waals surface area contributed by atoms with Crippen LogP contribution in [0.25, 0.3) is 10.4 Å². The van der Waals surface area contributed by atoms with E-state index in [1.54, 1.807) is 6.92 Å². The van der Waals surface area contributed by atoms with Crippen LogP contribution in [0.5, 0.6) is 0 Å². The smallest absolute Gasteiger partial charge is 0.320 e. The highest BCUT2D eigenvalue weighted by atomic mass is 16.5. The molecule has 1 rings (SSSR count). The monoisotopic (exact) mass is 211 g/mol. The molecular formula is C9H13N3O3. The standard InChI is InChI=1S/C9H13N3O3/c1-3-6-5-9(6,7(13)11-12-10)8(14)15-4-2/h6H,3-5H2,1-2H3/t6-,9+/m1/s1. The van der Waals surface area contributed by atoms with Crippen LogP contribution in [0.4, 0.5) is 0 Å². The van der Waals surface area contributed by atoms with Gasteiger partial charge in [0.25, 0.3) is 0 Å². The summed E-state index contributed by atoms with van der Waals surface area (Å²) in [7, 11) is 0. The molecule has 1 fully saturated rings. The normalized spacial score (nSPS) is 27.7. The van der Waals surface area contributed by atoms with Crippen molar-refractivity contribution < 1.29 is 14.3 Å². The highest BCUT2D eigenvalue weighted by Crippen LogP contribution is 2.56. The molecule has 0 aromatic heterocycles. The molecule has 82 valence electrons. The number of hydrogen-bond donors (Lipinski definition) is 0. The summed E-state index contributed by atoms with van der Waals surface area (Å²) in [5.41, 5.74) is 7.00. The van der Waals surface area contributed by atoms with Gasteiger partial charge in [0.05, 0.1) is 6.61 Å². The molecule has 2 atom stereocenters. The Hall–Kier alpha value is -1.55. The Kier molecular flexibility index (Phi) is 3.31. The van der Waals surface area contributed by atoms with Gasteiger partial charge in [-0.15, -0.1) is 0 Å². The molecule has 0 heterocycles. The molecule has 1 saturated carbocycles. The van der Waals surface area contributed by atoms with Crippen molar-refractivity contribution in [1.29, 1.82) is 0 Å². The summed E-state index contributed by atoms with van der Waals surface area (Å²) in [5.74, 6) is -1.32. The van der Waals surface area contributed by atoms with Crippen LogP contribution in [-0.4, -0.2) is 18.5 Å². The van der Waals surface area contributed by atoms with Crippen LogP contribution in [0, 0.1) is 11.3 Å². The molecule has 0 aromatic carbocycles. The van der Waals surface area contributed by atoms with Gasteiger partial charge in [-0.25, -0.2) is 0 Å². The van der Waals surface area contributed by atoms with Gasteiger partial charge < -0.3 is 4.74 Å². The summed E-state index contributed by atoms with van der Waals surface area (Å²) in [5, 5.41) is 3.00. The number of carbonyl (C=O) groups excluding carboxylic acids is 2. The van der Waals surface area contributed by atoms with Crippen molar-refractivity contribution >= 4 is 11.9 Å². The number of rotatable bonds is 4. The summed E-state index contributed by atoms with van der Waals surface area (Å²) < 4.78 is 4.83. The molecule has 1 aliphatic rings. The van der Waals surface area contributed by atoms with Crippen molar-refractivity contribution in [3.63, 3.8) is 0 Å². The zero-order valence-electron chi connectivity index (χ0n) is 8.77. The average molecular weight is 211 g/mol. The van der Waals surface area contributed by atoms with Crippen LogP contribution in [0.1, 0.15) is 26.7 Å². The lowest BCUT2D eigenvalue weighted by atomic mass is 10.0. The first-order chi connectivity index (χ1) is 7.13. The quantitative estimate of drug-likeness (QED) is 0.233. The molecule has 0 radical (unpaired) electrons. The lowest BCUT2D eigenvalue weighted by Gasteiger charge is -2.11. The van der Waals surface area contributed by atoms with Gasteiger partial charge in [-0.2, -0.15) is 0 Å². The molecule has 15 heavy (non-hydrogen) atoms. The van der Waals surface area contributed by atoms with Gasteiger partial charge in [0.15, 0.2) is 0 Å². The van der Waals surface area contributed by atoms with Crippen LogP contribution in [-0.2, 0) is 14.3 Å². The van der Waals surface area contributed by atoms with E-state index in [4.69, 9.17) is 10.3 Å². The second kappa shape index (κ2) is 4.31. The van der Waals surface area contributed by atoms with E-state index in [-0.39, 0.29) is 12.5 Å². The molecule has 0 bridgehead atoms. The van der Waals surface area contributed by atoms with Gasteiger partial charge in [0.2, 0.25) is 5.91 Å². The van der Waals surface area contributed by atoms with Crippen LogP contribution in [0.2, 0.25) is 0 Å². The second-order valence-electron chi connectivity index (χ2n) is 3.50. The van der Waals surface area contributed by atoms with E-state index in [9.17, 15) is 9.59 Å². The van der Waals surface area contributed by atoms with E-state index in [1.807, 2.05) is 6.92 Å². The fourth-order valence-electron chi connectivity index (χ4n) is 1.81. The minimum absolute atomic E-state index is 0.0467. The fraction of sp³-hybridized carbons (Fsp3) is 0.778. The molecular weight excluding hydrogens is 198 g/mol. The molecule has 1 amide bonds. The zero-order chi connectivity index (χ0) is 11.5. The topological polar surface area (TPSA) is 92.1 Å². The summed E-state index contributed by atoms with van der Waals surface area (Å²) in [4.78, 5) is 25.5. The molecule has 0 spiro atoms. The third-order valence-corrected chi connectivity index (χ3v) is 2.75. The minimum atomic E-state index is -1.18. The fourth-order valence-corrected chi connectivity index (χ4v) is 1.81. The Morgan fingerprint density at radius 2 is 2.27 bits per heavy atom. The van der Waals surface area contributed by atoms with Crippen molar-refractivity contribution in [1.82, 2.24) is 0 Å². The highest BCUT2D eigenvalue weighted by molar-refractivity contribution is 6.06. The Balaban J connectivity index is 2.87. The lowest BCUT2D eigenvalue weighted by Crippen LogP contribution is -2.28. The van der Waals surface area contributed by atoms with E-state index in [0.29, 0.717) is 12.8 Å². The summed E-state index contributed by atoms with van der Waals surface area (Å²) >= 11 is 0. The maximum absolute atomic E-state index is 11.6. The summed E-state index contributed by atoms with van der Waals surface area (Å²) in [6.07, 6.45) is 1.13. The maximum atomic E-state index is 11.6. The van der Waals surface area contributed by atoms with E-state index in [2.05, 4.69) is 10.0 Å². The number of ether oxygens (including phenoxy) is 1. The molecule has 0 N–H and O–H groups in total. The van der Waals surface area contributed by atoms with Gasteiger partial charge >= 0.3 is 5.97 Å². The van der Waals surface area contributed by atoms with E-state index >= 15 is 0 Å². The number of esters is 1. The van der Waals surface area contributed by atoms with Crippen molar-refractivity contribution in [2.45, 2.75) is 26.7 Å². The van der Waals surface area contributed by atoms with Gasteiger partial charge in [0, 0.05) is 4.91 Å². The predicted molar refractivity (Wildman–Crippen MR) is 51.6 cm³/mol. The second-order valence-corrected chi connectivity index (χ2v) is 3.50. The summed E-state index contributed by atoms with van der Waals surface area (Å²) in [6, 6.07) is 0. The van der Waals surface area contributed by atoms with Crippen LogP contribution in [0.15, 0.2) is 5.11 Å². The summed E-state index contributed by atoms with van der Waals surface area (Å²) in [6.45, 7) is 3.78. The van der Waals surface area contributed by atoms with Gasteiger partial charge in [-0.3, -0.25) is 9.59 Å². The minimum Gasteiger partial charge on any atom is -0.465 e. The van der Waals surface area contributed by atoms with Gasteiger partial charge in [-0.1, -0.05) is 13.3 Å². The first-order valence-corrected chi connectivity index (χ1v) is 4.90. The first kappa shape index (κ1) is 11.5. The molecule has 6 nitrogen and oxygen atoms in total. The Labute approximate surface area is 87.2 Å². The van der Waals surface area contributed by atoms with Gasteiger partial charge in [0.1, 0.15) is 5.41 Å². The van der Waals surface area contributed by atoms with Gasteiger partial charge in [-0.05, 0) is 29.9 Å². The Bertz CT molecular complexity index is 335. The molecule has 0 aliphatic heterocycles. The van der Waals surface area contributed by atoms with Crippen molar-refractivity contribution in [3.8, 4) is 0 Å². The first-order valence-electron chi connectivity index (χ1n) is 4.90. The largest absolute Gasteiger partial charge is 0.465 e. The van der Waals surface area contributed by atoms with E-state index in [1.165, 1.54) is 0 Å². The number of nitrogens with zero attached hydrogens (tertiary/aromatic N) is 3. The number of hydrogen-bond acceptors (Lipinski definition) is 3. The van der Waals surface area contributed by atoms with Crippen molar-refractivity contribution in [2.75, 3.05) is 6.61 Å². The average Bonchev–Trinajstić information content (AvgIpc) is 2.94. The SMILES string of the molecule is CCOC(=O)[C@@]1(C(=O)N=[N+]=[N-])C[C@H]1CC. The Morgan fingerprint density at radius 1 is 1.60 bits per heavy atom. The zero-order valence-corrected chi connectivity index (χ0v) is 8.77. The maximum Gasteiger partial charge on any atom is 0.320 e. The van der Waals surface area contributed by atoms with Crippen LogP contribution in [0.3, 0.4) is 0 Å². The predicted octanol–water partition coefficient (Wildman–Crippen LogP) is 1.80. The third kappa shape index (κ3) is 1.80. The number of azide groups is 1. The van der Waals surface area contributed by atoms with Crippen LogP contribution < -0.4 is 0 Å². The van der Waals surface area contributed by atoms with Crippen molar-refractivity contribution in [2.24, 2.45) is 16.4 Å². The Morgan fingerprint density at radius 3 is 2.67 bits per heavy atom. The lowest BCUT2D eigenvalue weighted by molar-refractivity contribution is -0.154. The molecule has 1 aliphatic carbocycles. The third-order valence-electron chi connectivity index (χ3n) is 2.75. The highest BCUT2D eigenvalue weighted by Gasteiger charge is 2.65. The number of amides is 1. The molecule has 0 saturated heterocycles. The molecule has 0 unspecified atom stereocenters. The number of carbonyl (C=O) groups is 2. The van der Waals surface area contributed by atoms with Crippen molar-refractivity contribution in [3.05, 3.63) is 10.4 Å². The van der Waals surface area contributed by atoms with E-state index in [0.717, 1.165) is 0 Å². The molecule has 6 heteroatoms. The van der Waals surface area contributed by atoms with E-state index < -0.39 is 17.3 Å². The van der Waals surface area contributed by atoms with Crippen LogP contribution >= 0.6 is 0 Å².